The Bertz CT molecular complexity index is 758. The second kappa shape index (κ2) is 7.74. The summed E-state index contributed by atoms with van der Waals surface area (Å²) in [6, 6.07) is 7.44. The maximum absolute atomic E-state index is 12.3. The molecule has 1 aliphatic rings. The number of nitrogens with one attached hydrogen (secondary N) is 1. The lowest BCUT2D eigenvalue weighted by atomic mass is 9.98. The number of benzene rings is 1. The zero-order valence-electron chi connectivity index (χ0n) is 13.7. The van der Waals surface area contributed by atoms with Crippen molar-refractivity contribution in [2.45, 2.75) is 38.2 Å². The van der Waals surface area contributed by atoms with Crippen molar-refractivity contribution in [1.82, 2.24) is 4.98 Å². The van der Waals surface area contributed by atoms with Gasteiger partial charge in [-0.1, -0.05) is 6.42 Å². The number of ether oxygens (including phenoxy) is 1. The number of nitro groups is 1. The van der Waals surface area contributed by atoms with Crippen LogP contribution in [-0.4, -0.2) is 21.9 Å². The second-order valence-electron chi connectivity index (χ2n) is 6.01. The number of carbonyl (C=O) groups is 1. The van der Waals surface area contributed by atoms with Crippen LogP contribution in [0.5, 0.6) is 5.75 Å². The first kappa shape index (κ1) is 16.9. The summed E-state index contributed by atoms with van der Waals surface area (Å²) >= 11 is 0. The van der Waals surface area contributed by atoms with Crippen LogP contribution in [0.2, 0.25) is 0 Å². The van der Waals surface area contributed by atoms with Gasteiger partial charge in [0.2, 0.25) is 0 Å². The predicted octanol–water partition coefficient (Wildman–Crippen LogP) is 3.95. The lowest BCUT2D eigenvalue weighted by molar-refractivity contribution is -0.384. The molecule has 1 saturated carbocycles. The molecule has 0 radical (unpaired) electrons. The zero-order valence-corrected chi connectivity index (χ0v) is 13.7. The Morgan fingerprint density at radius 2 is 1.88 bits per heavy atom. The number of amides is 1. The molecule has 7 heteroatoms. The average Bonchev–Trinajstić information content (AvgIpc) is 2.64. The van der Waals surface area contributed by atoms with E-state index in [1.54, 1.807) is 12.1 Å². The Labute approximate surface area is 145 Å². The highest BCUT2D eigenvalue weighted by Crippen LogP contribution is 2.33. The van der Waals surface area contributed by atoms with Gasteiger partial charge in [-0.05, 0) is 43.9 Å². The molecule has 130 valence electrons. The molecule has 1 N–H and O–H groups in total. The van der Waals surface area contributed by atoms with E-state index in [0.717, 1.165) is 25.7 Å². The summed E-state index contributed by atoms with van der Waals surface area (Å²) in [6.07, 6.45) is 8.26. The number of nitrogens with zero attached hydrogens (tertiary/aromatic N) is 2. The smallest absolute Gasteiger partial charge is 0.273 e. The van der Waals surface area contributed by atoms with Gasteiger partial charge in [0.25, 0.3) is 11.6 Å². The van der Waals surface area contributed by atoms with Gasteiger partial charge >= 0.3 is 0 Å². The molecular weight excluding hydrogens is 322 g/mol. The Morgan fingerprint density at radius 3 is 2.56 bits per heavy atom. The second-order valence-corrected chi connectivity index (χ2v) is 6.01. The van der Waals surface area contributed by atoms with Crippen LogP contribution in [0.15, 0.2) is 42.7 Å². The normalized spacial score (nSPS) is 14.7. The average molecular weight is 341 g/mol. The molecular formula is C18H19N3O4. The van der Waals surface area contributed by atoms with E-state index in [0.29, 0.717) is 17.0 Å². The standard InChI is InChI=1S/C18H19N3O4/c22-18(13-8-10-19-11-9-13)20-16-7-6-14(21(23)24)12-17(16)25-15-4-2-1-3-5-15/h6-12,15H,1-5H2,(H,20,22). The van der Waals surface area contributed by atoms with Gasteiger partial charge in [0.05, 0.1) is 22.8 Å². The summed E-state index contributed by atoms with van der Waals surface area (Å²) in [5.74, 6) is 0.0215. The zero-order chi connectivity index (χ0) is 17.6. The number of pyridine rings is 1. The van der Waals surface area contributed by atoms with Crippen LogP contribution >= 0.6 is 0 Å². The molecule has 0 unspecified atom stereocenters. The first-order valence-corrected chi connectivity index (χ1v) is 8.30. The van der Waals surface area contributed by atoms with Crippen molar-refractivity contribution in [1.29, 1.82) is 0 Å². The van der Waals surface area contributed by atoms with Crippen molar-refractivity contribution in [3.8, 4) is 5.75 Å². The Balaban J connectivity index is 1.83. The number of aromatic nitrogens is 1. The number of nitro benzene ring substituents is 1. The van der Waals surface area contributed by atoms with Crippen LogP contribution in [-0.2, 0) is 0 Å². The van der Waals surface area contributed by atoms with Gasteiger partial charge in [-0.15, -0.1) is 0 Å². The first-order chi connectivity index (χ1) is 12.1. The Morgan fingerprint density at radius 1 is 1.16 bits per heavy atom. The van der Waals surface area contributed by atoms with E-state index in [2.05, 4.69) is 10.3 Å². The monoisotopic (exact) mass is 341 g/mol. The molecule has 7 nitrogen and oxygen atoms in total. The molecule has 25 heavy (non-hydrogen) atoms. The van der Waals surface area contributed by atoms with Gasteiger partial charge in [0.1, 0.15) is 5.75 Å². The van der Waals surface area contributed by atoms with Crippen LogP contribution in [0.4, 0.5) is 11.4 Å². The number of hydrogen-bond acceptors (Lipinski definition) is 5. The van der Waals surface area contributed by atoms with E-state index in [1.807, 2.05) is 0 Å². The summed E-state index contributed by atoms with van der Waals surface area (Å²) in [4.78, 5) is 26.8. The fraction of sp³-hybridized carbons (Fsp3) is 0.333. The van der Waals surface area contributed by atoms with Gasteiger partial charge in [-0.3, -0.25) is 19.9 Å². The van der Waals surface area contributed by atoms with Gasteiger partial charge in [0, 0.05) is 24.0 Å². The van der Waals surface area contributed by atoms with E-state index in [9.17, 15) is 14.9 Å². The van der Waals surface area contributed by atoms with E-state index >= 15 is 0 Å². The highest BCUT2D eigenvalue weighted by atomic mass is 16.6. The third-order valence-corrected chi connectivity index (χ3v) is 4.21. The van der Waals surface area contributed by atoms with Crippen LogP contribution in [0.3, 0.4) is 0 Å². The number of carbonyl (C=O) groups excluding carboxylic acids is 1. The van der Waals surface area contributed by atoms with E-state index in [-0.39, 0.29) is 17.7 Å². The van der Waals surface area contributed by atoms with Gasteiger partial charge in [-0.25, -0.2) is 0 Å². The number of anilines is 1. The van der Waals surface area contributed by atoms with Crippen molar-refractivity contribution in [3.63, 3.8) is 0 Å². The number of rotatable bonds is 5. The SMILES string of the molecule is O=C(Nc1ccc([N+](=O)[O-])cc1OC1CCCCC1)c1ccncc1. The largest absolute Gasteiger partial charge is 0.488 e. The van der Waals surface area contributed by atoms with Crippen molar-refractivity contribution >= 4 is 17.3 Å². The van der Waals surface area contributed by atoms with Crippen molar-refractivity contribution < 1.29 is 14.5 Å². The predicted molar refractivity (Wildman–Crippen MR) is 92.8 cm³/mol. The van der Waals surface area contributed by atoms with Crippen molar-refractivity contribution in [2.24, 2.45) is 0 Å². The third-order valence-electron chi connectivity index (χ3n) is 4.21. The number of non-ortho nitro benzene ring substituents is 1. The molecule has 1 fully saturated rings. The summed E-state index contributed by atoms with van der Waals surface area (Å²) in [5.41, 5.74) is 0.822. The summed E-state index contributed by atoms with van der Waals surface area (Å²) < 4.78 is 5.98. The summed E-state index contributed by atoms with van der Waals surface area (Å²) in [7, 11) is 0. The molecule has 0 bridgehead atoms. The topological polar surface area (TPSA) is 94.4 Å². The van der Waals surface area contributed by atoms with Crippen molar-refractivity contribution in [3.05, 3.63) is 58.4 Å². The van der Waals surface area contributed by atoms with Gasteiger partial charge < -0.3 is 10.1 Å². The molecule has 1 aliphatic carbocycles. The van der Waals surface area contributed by atoms with E-state index in [1.165, 1.54) is 37.0 Å². The minimum Gasteiger partial charge on any atom is -0.488 e. The van der Waals surface area contributed by atoms with Crippen LogP contribution in [0.1, 0.15) is 42.5 Å². The van der Waals surface area contributed by atoms with Crippen LogP contribution in [0, 0.1) is 10.1 Å². The summed E-state index contributed by atoms with van der Waals surface area (Å²) in [6.45, 7) is 0. The molecule has 0 spiro atoms. The molecule has 0 atom stereocenters. The molecule has 3 rings (SSSR count). The highest BCUT2D eigenvalue weighted by molar-refractivity contribution is 6.05. The lowest BCUT2D eigenvalue weighted by Gasteiger charge is -2.24. The summed E-state index contributed by atoms with van der Waals surface area (Å²) in [5, 5.41) is 13.8. The van der Waals surface area contributed by atoms with Gasteiger partial charge in [0.15, 0.2) is 0 Å². The Kier molecular flexibility index (Phi) is 5.23. The molecule has 1 aromatic carbocycles. The van der Waals surface area contributed by atoms with E-state index < -0.39 is 4.92 Å². The van der Waals surface area contributed by atoms with Crippen molar-refractivity contribution in [2.75, 3.05) is 5.32 Å². The fourth-order valence-corrected chi connectivity index (χ4v) is 2.89. The lowest BCUT2D eigenvalue weighted by Crippen LogP contribution is -2.21. The third kappa shape index (κ3) is 4.32. The molecule has 0 saturated heterocycles. The van der Waals surface area contributed by atoms with Crippen LogP contribution < -0.4 is 10.1 Å². The minimum absolute atomic E-state index is 0.0207. The Hall–Kier alpha value is -2.96. The highest BCUT2D eigenvalue weighted by Gasteiger charge is 2.20. The molecule has 1 aromatic heterocycles. The first-order valence-electron chi connectivity index (χ1n) is 8.30. The molecule has 0 aliphatic heterocycles. The maximum atomic E-state index is 12.3. The van der Waals surface area contributed by atoms with E-state index in [4.69, 9.17) is 4.74 Å². The molecule has 1 heterocycles. The number of hydrogen-bond donors (Lipinski definition) is 1. The molecule has 1 amide bonds. The van der Waals surface area contributed by atoms with Crippen LogP contribution in [0.25, 0.3) is 0 Å². The van der Waals surface area contributed by atoms with Gasteiger partial charge in [-0.2, -0.15) is 0 Å². The maximum Gasteiger partial charge on any atom is 0.273 e. The quantitative estimate of drug-likeness (QED) is 0.656. The molecule has 2 aromatic rings. The fourth-order valence-electron chi connectivity index (χ4n) is 2.89. The minimum atomic E-state index is -0.470.